The summed E-state index contributed by atoms with van der Waals surface area (Å²) >= 11 is 0. The number of hydrogen-bond donors (Lipinski definition) is 3. The zero-order valence-corrected chi connectivity index (χ0v) is 14.7. The average molecular weight is 335 g/mol. The maximum Gasteiger partial charge on any atom is 0.284 e. The van der Waals surface area contributed by atoms with Crippen LogP contribution in [0.3, 0.4) is 0 Å². The van der Waals surface area contributed by atoms with Gasteiger partial charge in [-0.2, -0.15) is 0 Å². The number of guanidine groups is 1. The lowest BCUT2D eigenvalue weighted by atomic mass is 10.0. The second kappa shape index (κ2) is 9.32. The lowest BCUT2D eigenvalue weighted by Gasteiger charge is -2.33. The standard InChI is InChI=1S/C17H29N5O2/c1-13-6-3-4-10-22(13)11-5-9-20-17(19-2)21-12-14-7-8-15(24-14)16(18)23/h7-8,13H,3-6,9-12H2,1-2H3,(H2,18,23)(H2,19,20,21). The van der Waals surface area contributed by atoms with Crippen molar-refractivity contribution < 1.29 is 9.21 Å². The Morgan fingerprint density at radius 1 is 1.42 bits per heavy atom. The molecular weight excluding hydrogens is 306 g/mol. The monoisotopic (exact) mass is 335 g/mol. The van der Waals surface area contributed by atoms with Gasteiger partial charge in [0.1, 0.15) is 5.76 Å². The minimum atomic E-state index is -0.560. The smallest absolute Gasteiger partial charge is 0.284 e. The van der Waals surface area contributed by atoms with Gasteiger partial charge >= 0.3 is 0 Å². The minimum Gasteiger partial charge on any atom is -0.454 e. The molecule has 7 heteroatoms. The van der Waals surface area contributed by atoms with E-state index in [4.69, 9.17) is 10.2 Å². The average Bonchev–Trinajstić information content (AvgIpc) is 3.05. The molecule has 7 nitrogen and oxygen atoms in total. The van der Waals surface area contributed by atoms with Crippen molar-refractivity contribution in [3.63, 3.8) is 0 Å². The third kappa shape index (κ3) is 5.56. The molecule has 2 rings (SSSR count). The molecule has 0 aliphatic carbocycles. The number of likely N-dealkylation sites (tertiary alicyclic amines) is 1. The summed E-state index contributed by atoms with van der Waals surface area (Å²) < 4.78 is 5.33. The van der Waals surface area contributed by atoms with Gasteiger partial charge in [-0.15, -0.1) is 0 Å². The molecule has 1 aliphatic heterocycles. The van der Waals surface area contributed by atoms with E-state index in [0.29, 0.717) is 18.3 Å². The number of piperidine rings is 1. The van der Waals surface area contributed by atoms with Gasteiger partial charge < -0.3 is 25.7 Å². The molecule has 0 bridgehead atoms. The number of carbonyl (C=O) groups is 1. The molecular formula is C17H29N5O2. The highest BCUT2D eigenvalue weighted by Gasteiger charge is 2.17. The molecule has 1 atom stereocenters. The van der Waals surface area contributed by atoms with Crippen LogP contribution in [0.15, 0.2) is 21.5 Å². The Labute approximate surface area is 143 Å². The van der Waals surface area contributed by atoms with Gasteiger partial charge in [-0.1, -0.05) is 6.42 Å². The van der Waals surface area contributed by atoms with Gasteiger partial charge in [0.05, 0.1) is 6.54 Å². The van der Waals surface area contributed by atoms with Crippen molar-refractivity contribution in [2.45, 2.75) is 45.2 Å². The van der Waals surface area contributed by atoms with E-state index in [2.05, 4.69) is 27.4 Å². The second-order valence-electron chi connectivity index (χ2n) is 6.22. The van der Waals surface area contributed by atoms with Crippen LogP contribution in [-0.4, -0.2) is 49.5 Å². The number of amides is 1. The SMILES string of the molecule is CN=C(NCCCN1CCCCC1C)NCc1ccc(C(N)=O)o1. The molecule has 1 fully saturated rings. The van der Waals surface area contributed by atoms with Gasteiger partial charge in [0.2, 0.25) is 0 Å². The first-order chi connectivity index (χ1) is 11.6. The van der Waals surface area contributed by atoms with Crippen molar-refractivity contribution in [3.8, 4) is 0 Å². The highest BCUT2D eigenvalue weighted by Crippen LogP contribution is 2.16. The van der Waals surface area contributed by atoms with Crippen molar-refractivity contribution in [1.82, 2.24) is 15.5 Å². The van der Waals surface area contributed by atoms with Crippen molar-refractivity contribution in [1.29, 1.82) is 0 Å². The molecule has 0 spiro atoms. The summed E-state index contributed by atoms with van der Waals surface area (Å²) in [4.78, 5) is 17.8. The Morgan fingerprint density at radius 2 is 2.25 bits per heavy atom. The van der Waals surface area contributed by atoms with Crippen LogP contribution in [0.1, 0.15) is 48.9 Å². The maximum absolute atomic E-state index is 11.0. The Bertz CT molecular complexity index is 555. The first-order valence-electron chi connectivity index (χ1n) is 8.67. The highest BCUT2D eigenvalue weighted by atomic mass is 16.3. The third-order valence-corrected chi connectivity index (χ3v) is 4.41. The molecule has 2 heterocycles. The third-order valence-electron chi connectivity index (χ3n) is 4.41. The summed E-state index contributed by atoms with van der Waals surface area (Å²) in [6.07, 6.45) is 5.07. The van der Waals surface area contributed by atoms with Crippen LogP contribution in [0.4, 0.5) is 0 Å². The molecule has 1 aromatic rings. The second-order valence-corrected chi connectivity index (χ2v) is 6.22. The number of rotatable bonds is 7. The number of aliphatic imine (C=N–C) groups is 1. The Kier molecular flexibility index (Phi) is 7.11. The number of carbonyl (C=O) groups excluding carboxylic acids is 1. The summed E-state index contributed by atoms with van der Waals surface area (Å²) in [6, 6.07) is 4.02. The molecule has 1 aliphatic rings. The van der Waals surface area contributed by atoms with E-state index in [1.165, 1.54) is 25.8 Å². The van der Waals surface area contributed by atoms with E-state index >= 15 is 0 Å². The van der Waals surface area contributed by atoms with Gasteiger partial charge in [-0.25, -0.2) is 0 Å². The van der Waals surface area contributed by atoms with Crippen LogP contribution in [0, 0.1) is 0 Å². The fourth-order valence-electron chi connectivity index (χ4n) is 2.98. The van der Waals surface area contributed by atoms with Crippen LogP contribution in [0.25, 0.3) is 0 Å². The van der Waals surface area contributed by atoms with Crippen LogP contribution >= 0.6 is 0 Å². The van der Waals surface area contributed by atoms with E-state index in [1.807, 2.05) is 0 Å². The van der Waals surface area contributed by atoms with Crippen LogP contribution < -0.4 is 16.4 Å². The number of nitrogens with one attached hydrogen (secondary N) is 2. The summed E-state index contributed by atoms with van der Waals surface area (Å²) in [5.41, 5.74) is 5.17. The van der Waals surface area contributed by atoms with Crippen molar-refractivity contribution in [3.05, 3.63) is 23.7 Å². The molecule has 4 N–H and O–H groups in total. The topological polar surface area (TPSA) is 95.9 Å². The molecule has 0 saturated carbocycles. The van der Waals surface area contributed by atoms with Gasteiger partial charge in [0, 0.05) is 26.2 Å². The molecule has 24 heavy (non-hydrogen) atoms. The van der Waals surface area contributed by atoms with E-state index in [9.17, 15) is 4.79 Å². The molecule has 134 valence electrons. The van der Waals surface area contributed by atoms with E-state index in [-0.39, 0.29) is 5.76 Å². The highest BCUT2D eigenvalue weighted by molar-refractivity contribution is 5.89. The van der Waals surface area contributed by atoms with Crippen LogP contribution in [-0.2, 0) is 6.54 Å². The summed E-state index contributed by atoms with van der Waals surface area (Å²) in [6.45, 7) is 5.97. The molecule has 1 aromatic heterocycles. The normalized spacial score (nSPS) is 19.2. The van der Waals surface area contributed by atoms with Gasteiger partial charge in [0.25, 0.3) is 5.91 Å². The lowest BCUT2D eigenvalue weighted by molar-refractivity contribution is 0.0972. The fraction of sp³-hybridized carbons (Fsp3) is 0.647. The molecule has 0 aromatic carbocycles. The van der Waals surface area contributed by atoms with Gasteiger partial charge in [0.15, 0.2) is 11.7 Å². The molecule has 1 amide bonds. The lowest BCUT2D eigenvalue weighted by Crippen LogP contribution is -2.41. The number of primary amides is 1. The predicted octanol–water partition coefficient (Wildman–Crippen LogP) is 1.31. The fourth-order valence-corrected chi connectivity index (χ4v) is 2.98. The van der Waals surface area contributed by atoms with E-state index < -0.39 is 5.91 Å². The van der Waals surface area contributed by atoms with Crippen molar-refractivity contribution in [2.24, 2.45) is 10.7 Å². The summed E-state index contributed by atoms with van der Waals surface area (Å²) in [5, 5.41) is 6.47. The maximum atomic E-state index is 11.0. The molecule has 1 unspecified atom stereocenters. The van der Waals surface area contributed by atoms with Crippen molar-refractivity contribution in [2.75, 3.05) is 26.7 Å². The zero-order valence-electron chi connectivity index (χ0n) is 14.7. The number of hydrogen-bond acceptors (Lipinski definition) is 4. The molecule has 0 radical (unpaired) electrons. The van der Waals surface area contributed by atoms with E-state index in [0.717, 1.165) is 25.5 Å². The quantitative estimate of drug-likeness (QED) is 0.397. The Hall–Kier alpha value is -2.02. The number of nitrogens with zero attached hydrogens (tertiary/aromatic N) is 2. The Balaban J connectivity index is 1.65. The first kappa shape index (κ1) is 18.3. The Morgan fingerprint density at radius 3 is 2.92 bits per heavy atom. The largest absolute Gasteiger partial charge is 0.454 e. The number of nitrogens with two attached hydrogens (primary N) is 1. The zero-order chi connectivity index (χ0) is 17.4. The first-order valence-corrected chi connectivity index (χ1v) is 8.67. The predicted molar refractivity (Wildman–Crippen MR) is 94.9 cm³/mol. The van der Waals surface area contributed by atoms with Crippen molar-refractivity contribution >= 4 is 11.9 Å². The minimum absolute atomic E-state index is 0.172. The van der Waals surface area contributed by atoms with E-state index in [1.54, 1.807) is 19.2 Å². The summed E-state index contributed by atoms with van der Waals surface area (Å²) in [5.74, 6) is 0.980. The molecule has 1 saturated heterocycles. The van der Waals surface area contributed by atoms with Gasteiger partial charge in [-0.3, -0.25) is 9.79 Å². The van der Waals surface area contributed by atoms with Gasteiger partial charge in [-0.05, 0) is 44.9 Å². The number of furan rings is 1. The van der Waals surface area contributed by atoms with Crippen LogP contribution in [0.5, 0.6) is 0 Å². The summed E-state index contributed by atoms with van der Waals surface area (Å²) in [7, 11) is 1.74. The van der Waals surface area contributed by atoms with Crippen LogP contribution in [0.2, 0.25) is 0 Å².